The maximum Gasteiger partial charge on any atom is 0.419 e. The Kier molecular flexibility index (Phi) is 4.26. The highest BCUT2D eigenvalue weighted by atomic mass is 32.1. The number of nitrogens with zero attached hydrogens (tertiary/aromatic N) is 4. The Labute approximate surface area is 143 Å². The molecule has 0 aliphatic carbocycles. The maximum atomic E-state index is 13.5. The lowest BCUT2D eigenvalue weighted by Crippen LogP contribution is -2.08. The van der Waals surface area contributed by atoms with Crippen molar-refractivity contribution >= 4 is 11.3 Å². The van der Waals surface area contributed by atoms with Gasteiger partial charge in [-0.15, -0.1) is 16.4 Å². The minimum atomic E-state index is -4.80. The van der Waals surface area contributed by atoms with E-state index in [1.165, 1.54) is 6.07 Å². The van der Waals surface area contributed by atoms with E-state index in [0.717, 1.165) is 28.3 Å². The van der Waals surface area contributed by atoms with Gasteiger partial charge < -0.3 is 0 Å². The van der Waals surface area contributed by atoms with Crippen LogP contribution in [-0.2, 0) is 12.6 Å². The van der Waals surface area contributed by atoms with Gasteiger partial charge >= 0.3 is 6.18 Å². The molecule has 1 aromatic carbocycles. The Balaban J connectivity index is 2.13. The Hall–Kier alpha value is -2.80. The van der Waals surface area contributed by atoms with Crippen LogP contribution in [0.1, 0.15) is 23.1 Å². The van der Waals surface area contributed by atoms with Crippen LogP contribution in [0.25, 0.3) is 22.0 Å². The summed E-state index contributed by atoms with van der Waals surface area (Å²) in [7, 11) is 0. The Bertz CT molecular complexity index is 967. The van der Waals surface area contributed by atoms with Crippen LogP contribution < -0.4 is 0 Å². The number of hydrogen-bond acceptors (Lipinski definition) is 5. The molecule has 0 radical (unpaired) electrons. The smallest absolute Gasteiger partial charge is 0.234 e. The largest absolute Gasteiger partial charge is 0.419 e. The highest BCUT2D eigenvalue weighted by Crippen LogP contribution is 2.38. The van der Waals surface area contributed by atoms with E-state index in [0.29, 0.717) is 12.1 Å². The van der Waals surface area contributed by atoms with Crippen molar-refractivity contribution in [3.63, 3.8) is 0 Å². The van der Waals surface area contributed by atoms with Gasteiger partial charge in [0, 0.05) is 10.4 Å². The van der Waals surface area contributed by atoms with Crippen LogP contribution >= 0.6 is 11.3 Å². The van der Waals surface area contributed by atoms with Gasteiger partial charge in [-0.2, -0.15) is 28.7 Å². The molecule has 10 heteroatoms. The monoisotopic (exact) mass is 367 g/mol. The lowest BCUT2D eigenvalue weighted by molar-refractivity contribution is -0.139. The van der Waals surface area contributed by atoms with E-state index in [1.807, 2.05) is 13.0 Å². The van der Waals surface area contributed by atoms with Crippen LogP contribution in [0.3, 0.4) is 0 Å². The molecule has 0 fully saturated rings. The SMILES string of the molecule is CCc1sc(-c2ccc(F)c(C(F)(F)F)c2)nc1-c1n[nH]nc1C#N. The van der Waals surface area contributed by atoms with Crippen LogP contribution in [0, 0.1) is 17.1 Å². The van der Waals surface area contributed by atoms with Crippen LogP contribution in [0.15, 0.2) is 18.2 Å². The van der Waals surface area contributed by atoms with Gasteiger partial charge in [0.25, 0.3) is 0 Å². The maximum absolute atomic E-state index is 13.5. The van der Waals surface area contributed by atoms with Crippen LogP contribution in [0.2, 0.25) is 0 Å². The molecule has 2 heterocycles. The first-order valence-electron chi connectivity index (χ1n) is 7.03. The number of H-pyrrole nitrogens is 1. The third kappa shape index (κ3) is 3.10. The number of nitriles is 1. The molecule has 0 saturated carbocycles. The van der Waals surface area contributed by atoms with Gasteiger partial charge in [0.15, 0.2) is 11.4 Å². The van der Waals surface area contributed by atoms with E-state index >= 15 is 0 Å². The molecule has 0 amide bonds. The Morgan fingerprint density at radius 1 is 1.24 bits per heavy atom. The fraction of sp³-hybridized carbons (Fsp3) is 0.200. The number of rotatable bonds is 3. The van der Waals surface area contributed by atoms with Gasteiger partial charge in [0.1, 0.15) is 22.6 Å². The number of halogens is 4. The predicted octanol–water partition coefficient (Wildman–Crippen LogP) is 4.19. The highest BCUT2D eigenvalue weighted by molar-refractivity contribution is 7.15. The normalized spacial score (nSPS) is 11.5. The molecule has 1 N–H and O–H groups in total. The van der Waals surface area contributed by atoms with E-state index in [1.54, 1.807) is 0 Å². The molecular weight excluding hydrogens is 358 g/mol. The average Bonchev–Trinajstić information content (AvgIpc) is 3.19. The molecule has 0 saturated heterocycles. The van der Waals surface area contributed by atoms with Crippen LogP contribution in [0.5, 0.6) is 0 Å². The molecule has 0 aliphatic rings. The highest BCUT2D eigenvalue weighted by Gasteiger charge is 2.34. The van der Waals surface area contributed by atoms with Crippen LogP contribution in [0.4, 0.5) is 17.6 Å². The molecule has 0 spiro atoms. The number of nitrogens with one attached hydrogen (secondary N) is 1. The number of hydrogen-bond donors (Lipinski definition) is 1. The zero-order chi connectivity index (χ0) is 18.2. The summed E-state index contributed by atoms with van der Waals surface area (Å²) < 4.78 is 52.2. The second kappa shape index (κ2) is 6.25. The van der Waals surface area contributed by atoms with Crippen molar-refractivity contribution in [3.8, 4) is 28.0 Å². The molecule has 0 bridgehead atoms. The van der Waals surface area contributed by atoms with E-state index < -0.39 is 17.6 Å². The first-order chi connectivity index (χ1) is 11.8. The van der Waals surface area contributed by atoms with Crippen molar-refractivity contribution in [2.75, 3.05) is 0 Å². The molecule has 0 aliphatic heterocycles. The molecule has 3 rings (SSSR count). The fourth-order valence-corrected chi connectivity index (χ4v) is 3.25. The number of thiazole rings is 1. The minimum absolute atomic E-state index is 0.0432. The van der Waals surface area contributed by atoms with Gasteiger partial charge in [-0.05, 0) is 24.6 Å². The lowest BCUT2D eigenvalue weighted by Gasteiger charge is -2.08. The lowest BCUT2D eigenvalue weighted by atomic mass is 10.1. The molecule has 0 unspecified atom stereocenters. The van der Waals surface area contributed by atoms with Gasteiger partial charge in [-0.25, -0.2) is 9.37 Å². The number of aryl methyl sites for hydroxylation is 1. The van der Waals surface area contributed by atoms with Crippen molar-refractivity contribution in [2.24, 2.45) is 0 Å². The fourth-order valence-electron chi connectivity index (χ4n) is 2.25. The summed E-state index contributed by atoms with van der Waals surface area (Å²) in [4.78, 5) is 5.04. The van der Waals surface area contributed by atoms with Gasteiger partial charge in [-0.1, -0.05) is 6.92 Å². The summed E-state index contributed by atoms with van der Waals surface area (Å²) >= 11 is 1.16. The van der Waals surface area contributed by atoms with Crippen molar-refractivity contribution in [2.45, 2.75) is 19.5 Å². The van der Waals surface area contributed by atoms with E-state index in [-0.39, 0.29) is 22.0 Å². The molecular formula is C15H9F4N5S. The number of alkyl halides is 3. The van der Waals surface area contributed by atoms with Crippen molar-refractivity contribution in [1.29, 1.82) is 5.26 Å². The van der Waals surface area contributed by atoms with E-state index in [9.17, 15) is 17.6 Å². The molecule has 0 atom stereocenters. The third-order valence-electron chi connectivity index (χ3n) is 3.42. The zero-order valence-electron chi connectivity index (χ0n) is 12.6. The summed E-state index contributed by atoms with van der Waals surface area (Å²) in [5.74, 6) is -1.34. The molecule has 3 aromatic rings. The first kappa shape index (κ1) is 17.0. The third-order valence-corrected chi connectivity index (χ3v) is 4.66. The second-order valence-electron chi connectivity index (χ2n) is 4.97. The predicted molar refractivity (Wildman–Crippen MR) is 82.0 cm³/mol. The van der Waals surface area contributed by atoms with E-state index in [4.69, 9.17) is 5.26 Å². The summed E-state index contributed by atoms with van der Waals surface area (Å²) in [5.41, 5.74) is -0.548. The van der Waals surface area contributed by atoms with Crippen molar-refractivity contribution < 1.29 is 17.6 Å². The topological polar surface area (TPSA) is 78.2 Å². The Morgan fingerprint density at radius 2 is 2.00 bits per heavy atom. The number of aromatic nitrogens is 4. The summed E-state index contributed by atoms with van der Waals surface area (Å²) in [5, 5.41) is 19.2. The second-order valence-corrected chi connectivity index (χ2v) is 6.05. The summed E-state index contributed by atoms with van der Waals surface area (Å²) in [6.45, 7) is 1.85. The van der Waals surface area contributed by atoms with Crippen LogP contribution in [-0.4, -0.2) is 20.4 Å². The molecule has 128 valence electrons. The summed E-state index contributed by atoms with van der Waals surface area (Å²) in [6, 6.07) is 4.60. The first-order valence-corrected chi connectivity index (χ1v) is 7.84. The van der Waals surface area contributed by atoms with Crippen molar-refractivity contribution in [3.05, 3.63) is 40.2 Å². The Morgan fingerprint density at radius 3 is 2.64 bits per heavy atom. The standard InChI is InChI=1S/C15H9F4N5S/c1-2-11-13(12-10(6-20)22-24-23-12)21-14(25-11)7-3-4-9(16)8(5-7)15(17,18)19/h3-5H,2H2,1H3,(H,22,23,24). The number of benzene rings is 1. The molecule has 5 nitrogen and oxygen atoms in total. The molecule has 2 aromatic heterocycles. The zero-order valence-corrected chi connectivity index (χ0v) is 13.5. The average molecular weight is 367 g/mol. The summed E-state index contributed by atoms with van der Waals surface area (Å²) in [6.07, 6.45) is -4.26. The number of aromatic amines is 1. The molecule has 25 heavy (non-hydrogen) atoms. The van der Waals surface area contributed by atoms with Gasteiger partial charge in [0.2, 0.25) is 0 Å². The minimum Gasteiger partial charge on any atom is -0.234 e. The van der Waals surface area contributed by atoms with Gasteiger partial charge in [0.05, 0.1) is 5.56 Å². The quantitative estimate of drug-likeness (QED) is 0.704. The van der Waals surface area contributed by atoms with E-state index in [2.05, 4.69) is 20.4 Å². The van der Waals surface area contributed by atoms with Gasteiger partial charge in [-0.3, -0.25) is 0 Å². The van der Waals surface area contributed by atoms with Crippen molar-refractivity contribution in [1.82, 2.24) is 20.4 Å².